The molecule has 1 aromatic carbocycles. The van der Waals surface area contributed by atoms with Crippen molar-refractivity contribution in [3.63, 3.8) is 0 Å². The summed E-state index contributed by atoms with van der Waals surface area (Å²) in [5, 5.41) is 4.03. The molecule has 2 nitrogen and oxygen atoms in total. The Kier molecular flexibility index (Phi) is 5.01. The fourth-order valence-electron chi connectivity index (χ4n) is 1.39. The SMILES string of the molecule is Fc1ccccc1NCCSc1ccc(Br)cn1. The van der Waals surface area contributed by atoms with E-state index in [2.05, 4.69) is 26.2 Å². The van der Waals surface area contributed by atoms with Crippen LogP contribution in [0.25, 0.3) is 0 Å². The number of benzene rings is 1. The molecule has 94 valence electrons. The summed E-state index contributed by atoms with van der Waals surface area (Å²) in [6, 6.07) is 10.6. The molecule has 0 saturated heterocycles. The maximum Gasteiger partial charge on any atom is 0.146 e. The third-order valence-corrected chi connectivity index (χ3v) is 3.66. The van der Waals surface area contributed by atoms with Gasteiger partial charge in [0.1, 0.15) is 5.82 Å². The highest BCUT2D eigenvalue weighted by atomic mass is 79.9. The van der Waals surface area contributed by atoms with Crippen molar-refractivity contribution in [1.82, 2.24) is 4.98 Å². The molecular formula is C13H12BrFN2S. The maximum atomic E-state index is 13.3. The third-order valence-electron chi connectivity index (χ3n) is 2.24. The molecule has 0 fully saturated rings. The molecule has 0 saturated carbocycles. The second-order valence-electron chi connectivity index (χ2n) is 3.57. The molecule has 0 aliphatic rings. The lowest BCUT2D eigenvalue weighted by molar-refractivity contribution is 0.630. The fourth-order valence-corrected chi connectivity index (χ4v) is 2.33. The summed E-state index contributed by atoms with van der Waals surface area (Å²) in [5.74, 6) is 0.618. The molecule has 18 heavy (non-hydrogen) atoms. The van der Waals surface area contributed by atoms with E-state index in [-0.39, 0.29) is 5.82 Å². The standard InChI is InChI=1S/C13H12BrFN2S/c14-10-5-6-13(17-9-10)18-8-7-16-12-4-2-1-3-11(12)15/h1-6,9,16H,7-8H2. The molecule has 1 N–H and O–H groups in total. The Morgan fingerprint density at radius 3 is 2.78 bits per heavy atom. The number of rotatable bonds is 5. The van der Waals surface area contributed by atoms with E-state index in [1.54, 1.807) is 30.1 Å². The van der Waals surface area contributed by atoms with E-state index < -0.39 is 0 Å². The molecule has 2 aromatic rings. The predicted molar refractivity (Wildman–Crippen MR) is 77.6 cm³/mol. The molecule has 0 aliphatic heterocycles. The van der Waals surface area contributed by atoms with E-state index in [1.165, 1.54) is 6.07 Å². The minimum Gasteiger partial charge on any atom is -0.382 e. The highest BCUT2D eigenvalue weighted by molar-refractivity contribution is 9.10. The number of halogens is 2. The van der Waals surface area contributed by atoms with Crippen molar-refractivity contribution in [3.8, 4) is 0 Å². The summed E-state index contributed by atoms with van der Waals surface area (Å²) in [5.41, 5.74) is 0.543. The molecule has 2 rings (SSSR count). The van der Waals surface area contributed by atoms with Gasteiger partial charge in [-0.25, -0.2) is 9.37 Å². The average Bonchev–Trinajstić information content (AvgIpc) is 2.39. The molecule has 0 spiro atoms. The number of hydrogen-bond acceptors (Lipinski definition) is 3. The van der Waals surface area contributed by atoms with Crippen LogP contribution < -0.4 is 5.32 Å². The Morgan fingerprint density at radius 2 is 2.06 bits per heavy atom. The molecule has 0 unspecified atom stereocenters. The Morgan fingerprint density at radius 1 is 1.22 bits per heavy atom. The van der Waals surface area contributed by atoms with Gasteiger partial charge in [0, 0.05) is 23.0 Å². The Bertz CT molecular complexity index is 505. The monoisotopic (exact) mass is 326 g/mol. The van der Waals surface area contributed by atoms with Crippen molar-refractivity contribution in [3.05, 3.63) is 52.9 Å². The van der Waals surface area contributed by atoms with E-state index in [1.807, 2.05) is 18.2 Å². The second kappa shape index (κ2) is 6.75. The molecular weight excluding hydrogens is 315 g/mol. The van der Waals surface area contributed by atoms with Crippen LogP contribution in [0, 0.1) is 5.82 Å². The summed E-state index contributed by atoms with van der Waals surface area (Å²) in [6.45, 7) is 0.698. The number of aromatic nitrogens is 1. The zero-order chi connectivity index (χ0) is 12.8. The van der Waals surface area contributed by atoms with Crippen LogP contribution in [0.2, 0.25) is 0 Å². The molecule has 0 amide bonds. The topological polar surface area (TPSA) is 24.9 Å². The molecule has 0 radical (unpaired) electrons. The van der Waals surface area contributed by atoms with Gasteiger partial charge in [0.15, 0.2) is 0 Å². The summed E-state index contributed by atoms with van der Waals surface area (Å²) >= 11 is 4.98. The fraction of sp³-hybridized carbons (Fsp3) is 0.154. The molecule has 0 atom stereocenters. The van der Waals surface area contributed by atoms with Gasteiger partial charge < -0.3 is 5.32 Å². The Balaban J connectivity index is 1.76. The minimum atomic E-state index is -0.218. The maximum absolute atomic E-state index is 13.3. The summed E-state index contributed by atoms with van der Waals surface area (Å²) in [7, 11) is 0. The Labute approximate surface area is 118 Å². The van der Waals surface area contributed by atoms with Crippen LogP contribution in [-0.2, 0) is 0 Å². The summed E-state index contributed by atoms with van der Waals surface area (Å²) in [4.78, 5) is 4.25. The lowest BCUT2D eigenvalue weighted by Crippen LogP contribution is -2.05. The quantitative estimate of drug-likeness (QED) is 0.658. The summed E-state index contributed by atoms with van der Waals surface area (Å²) < 4.78 is 14.3. The van der Waals surface area contributed by atoms with E-state index in [9.17, 15) is 4.39 Å². The zero-order valence-electron chi connectivity index (χ0n) is 9.57. The van der Waals surface area contributed by atoms with Gasteiger partial charge in [-0.1, -0.05) is 12.1 Å². The first-order chi connectivity index (χ1) is 8.75. The third kappa shape index (κ3) is 3.99. The van der Waals surface area contributed by atoms with Gasteiger partial charge in [0.25, 0.3) is 0 Å². The smallest absolute Gasteiger partial charge is 0.146 e. The lowest BCUT2D eigenvalue weighted by atomic mass is 10.3. The van der Waals surface area contributed by atoms with Crippen LogP contribution in [0.15, 0.2) is 52.1 Å². The number of hydrogen-bond donors (Lipinski definition) is 1. The van der Waals surface area contributed by atoms with Crippen LogP contribution in [0.4, 0.5) is 10.1 Å². The van der Waals surface area contributed by atoms with Crippen molar-refractivity contribution in [1.29, 1.82) is 0 Å². The van der Waals surface area contributed by atoms with Gasteiger partial charge in [-0.15, -0.1) is 11.8 Å². The van der Waals surface area contributed by atoms with Gasteiger partial charge in [0.05, 0.1) is 10.7 Å². The van der Waals surface area contributed by atoms with Crippen molar-refractivity contribution >= 4 is 33.4 Å². The largest absolute Gasteiger partial charge is 0.382 e. The number of pyridine rings is 1. The zero-order valence-corrected chi connectivity index (χ0v) is 12.0. The lowest BCUT2D eigenvalue weighted by Gasteiger charge is -2.06. The van der Waals surface area contributed by atoms with Gasteiger partial charge in [-0.3, -0.25) is 0 Å². The van der Waals surface area contributed by atoms with Crippen molar-refractivity contribution < 1.29 is 4.39 Å². The normalized spacial score (nSPS) is 10.3. The number of thioether (sulfide) groups is 1. The molecule has 0 aliphatic carbocycles. The van der Waals surface area contributed by atoms with Crippen molar-refractivity contribution in [2.24, 2.45) is 0 Å². The first kappa shape index (κ1) is 13.4. The van der Waals surface area contributed by atoms with Crippen LogP contribution in [-0.4, -0.2) is 17.3 Å². The Hall–Kier alpha value is -1.07. The number of para-hydroxylation sites is 1. The van der Waals surface area contributed by atoms with Gasteiger partial charge >= 0.3 is 0 Å². The van der Waals surface area contributed by atoms with Crippen molar-refractivity contribution in [2.45, 2.75) is 5.03 Å². The number of anilines is 1. The molecule has 1 heterocycles. The van der Waals surface area contributed by atoms with E-state index in [0.29, 0.717) is 12.2 Å². The van der Waals surface area contributed by atoms with Gasteiger partial charge in [-0.05, 0) is 40.2 Å². The highest BCUT2D eigenvalue weighted by Gasteiger charge is 1.99. The van der Waals surface area contributed by atoms with Gasteiger partial charge in [-0.2, -0.15) is 0 Å². The first-order valence-electron chi connectivity index (χ1n) is 5.48. The van der Waals surface area contributed by atoms with Crippen molar-refractivity contribution in [2.75, 3.05) is 17.6 Å². The predicted octanol–water partition coefficient (Wildman–Crippen LogP) is 4.19. The van der Waals surface area contributed by atoms with Crippen LogP contribution in [0.1, 0.15) is 0 Å². The number of nitrogens with one attached hydrogen (secondary N) is 1. The second-order valence-corrected chi connectivity index (χ2v) is 5.60. The van der Waals surface area contributed by atoms with Crippen LogP contribution in [0.3, 0.4) is 0 Å². The minimum absolute atomic E-state index is 0.218. The highest BCUT2D eigenvalue weighted by Crippen LogP contribution is 2.18. The summed E-state index contributed by atoms with van der Waals surface area (Å²) in [6.07, 6.45) is 1.77. The molecule has 1 aromatic heterocycles. The van der Waals surface area contributed by atoms with Crippen LogP contribution in [0.5, 0.6) is 0 Å². The first-order valence-corrected chi connectivity index (χ1v) is 7.26. The van der Waals surface area contributed by atoms with Gasteiger partial charge in [0.2, 0.25) is 0 Å². The molecule has 0 bridgehead atoms. The van der Waals surface area contributed by atoms with Crippen LogP contribution >= 0.6 is 27.7 Å². The van der Waals surface area contributed by atoms with E-state index >= 15 is 0 Å². The number of nitrogens with zero attached hydrogens (tertiary/aromatic N) is 1. The average molecular weight is 327 g/mol. The van der Waals surface area contributed by atoms with E-state index in [4.69, 9.17) is 0 Å². The van der Waals surface area contributed by atoms with E-state index in [0.717, 1.165) is 15.3 Å². The molecule has 5 heteroatoms.